The summed E-state index contributed by atoms with van der Waals surface area (Å²) < 4.78 is 38.1. The summed E-state index contributed by atoms with van der Waals surface area (Å²) in [6.07, 6.45) is -0.221. The summed E-state index contributed by atoms with van der Waals surface area (Å²) in [6, 6.07) is 2.85. The second kappa shape index (κ2) is 8.27. The second-order valence-electron chi connectivity index (χ2n) is 7.98. The highest BCUT2D eigenvalue weighted by atomic mass is 19.4. The molecule has 3 rings (SSSR count). The third-order valence-electron chi connectivity index (χ3n) is 6.07. The van der Waals surface area contributed by atoms with E-state index in [2.05, 4.69) is 23.7 Å². The van der Waals surface area contributed by atoms with E-state index in [4.69, 9.17) is 0 Å². The summed E-state index contributed by atoms with van der Waals surface area (Å²) in [5.41, 5.74) is -0.737. The minimum Gasteiger partial charge on any atom is -0.354 e. The molecule has 0 saturated carbocycles. The number of carbonyl (C=O) groups is 1. The number of aromatic nitrogens is 1. The molecule has 8 heteroatoms. The maximum atomic E-state index is 13.1. The Balaban J connectivity index is 1.58. The first-order chi connectivity index (χ1) is 13.2. The summed E-state index contributed by atoms with van der Waals surface area (Å²) in [4.78, 5) is 23.2. The average Bonchev–Trinajstić information content (AvgIpc) is 2.67. The van der Waals surface area contributed by atoms with Crippen LogP contribution in [-0.2, 0) is 11.0 Å². The van der Waals surface area contributed by atoms with Crippen LogP contribution in [0.1, 0.15) is 45.6 Å². The number of hydrogen-bond acceptors (Lipinski definition) is 4. The van der Waals surface area contributed by atoms with Crippen molar-refractivity contribution in [2.24, 2.45) is 0 Å². The highest BCUT2D eigenvalue weighted by Crippen LogP contribution is 2.30. The van der Waals surface area contributed by atoms with Gasteiger partial charge in [0.05, 0.1) is 11.6 Å². The third kappa shape index (κ3) is 4.42. The van der Waals surface area contributed by atoms with Gasteiger partial charge in [-0.2, -0.15) is 13.2 Å². The molecule has 0 N–H and O–H groups in total. The predicted octanol–water partition coefficient (Wildman–Crippen LogP) is 3.40. The molecule has 28 heavy (non-hydrogen) atoms. The fourth-order valence-corrected chi connectivity index (χ4v) is 4.31. The summed E-state index contributed by atoms with van der Waals surface area (Å²) in [6.45, 7) is 8.85. The number of rotatable bonds is 3. The monoisotopic (exact) mass is 398 g/mol. The molecule has 2 fully saturated rings. The van der Waals surface area contributed by atoms with Gasteiger partial charge in [0, 0.05) is 44.5 Å². The predicted molar refractivity (Wildman–Crippen MR) is 102 cm³/mol. The van der Waals surface area contributed by atoms with Gasteiger partial charge in [0.1, 0.15) is 5.82 Å². The topological polar surface area (TPSA) is 39.7 Å². The molecule has 1 aromatic heterocycles. The van der Waals surface area contributed by atoms with Crippen LogP contribution >= 0.6 is 0 Å². The van der Waals surface area contributed by atoms with Crippen LogP contribution in [-0.4, -0.2) is 65.0 Å². The van der Waals surface area contributed by atoms with Gasteiger partial charge in [0.2, 0.25) is 5.91 Å². The summed E-state index contributed by atoms with van der Waals surface area (Å²) in [7, 11) is 0. The molecule has 3 heterocycles. The van der Waals surface area contributed by atoms with Crippen molar-refractivity contribution < 1.29 is 18.0 Å². The molecule has 0 radical (unpaired) electrons. The van der Waals surface area contributed by atoms with Crippen LogP contribution in [0.3, 0.4) is 0 Å². The fraction of sp³-hybridized carbons (Fsp3) is 0.700. The number of nitrogens with zero attached hydrogens (tertiary/aromatic N) is 4. The summed E-state index contributed by atoms with van der Waals surface area (Å²) in [5.74, 6) is 0.728. The SMILES string of the molecule is C[C@H](C(=O)N1[C@H](C)CCC[C@@H]1C)N1CCN(c2ccc(C(F)(F)F)cn2)CC1. The van der Waals surface area contributed by atoms with Gasteiger partial charge in [-0.25, -0.2) is 4.98 Å². The van der Waals surface area contributed by atoms with Crippen molar-refractivity contribution in [2.45, 2.75) is 64.3 Å². The van der Waals surface area contributed by atoms with Gasteiger partial charge in [0.25, 0.3) is 0 Å². The quantitative estimate of drug-likeness (QED) is 0.783. The number of likely N-dealkylation sites (tertiary alicyclic amines) is 1. The Hall–Kier alpha value is -1.83. The van der Waals surface area contributed by atoms with Crippen molar-refractivity contribution in [3.63, 3.8) is 0 Å². The van der Waals surface area contributed by atoms with Gasteiger partial charge >= 0.3 is 6.18 Å². The molecule has 2 aliphatic heterocycles. The van der Waals surface area contributed by atoms with Crippen LogP contribution < -0.4 is 4.90 Å². The Labute approximate surface area is 164 Å². The zero-order chi connectivity index (χ0) is 20.5. The number of pyridine rings is 1. The van der Waals surface area contributed by atoms with Gasteiger partial charge in [-0.15, -0.1) is 0 Å². The molecule has 5 nitrogen and oxygen atoms in total. The van der Waals surface area contributed by atoms with Crippen LogP contribution in [0.25, 0.3) is 0 Å². The Bertz CT molecular complexity index is 661. The van der Waals surface area contributed by atoms with Gasteiger partial charge in [-0.3, -0.25) is 9.69 Å². The molecule has 1 aromatic rings. The lowest BCUT2D eigenvalue weighted by atomic mass is 9.96. The Kier molecular flexibility index (Phi) is 6.17. The number of hydrogen-bond donors (Lipinski definition) is 0. The minimum atomic E-state index is -4.37. The average molecular weight is 398 g/mol. The Morgan fingerprint density at radius 2 is 1.71 bits per heavy atom. The normalized spacial score (nSPS) is 25.6. The van der Waals surface area contributed by atoms with E-state index in [1.807, 2.05) is 16.7 Å². The molecule has 3 atom stereocenters. The molecule has 156 valence electrons. The number of anilines is 1. The number of piperazine rings is 1. The lowest BCUT2D eigenvalue weighted by Gasteiger charge is -2.44. The smallest absolute Gasteiger partial charge is 0.354 e. The maximum absolute atomic E-state index is 13.1. The third-order valence-corrected chi connectivity index (χ3v) is 6.07. The van der Waals surface area contributed by atoms with Gasteiger partial charge in [-0.05, 0) is 52.2 Å². The van der Waals surface area contributed by atoms with E-state index in [1.54, 1.807) is 0 Å². The van der Waals surface area contributed by atoms with E-state index in [0.717, 1.165) is 25.1 Å². The summed E-state index contributed by atoms with van der Waals surface area (Å²) >= 11 is 0. The van der Waals surface area contributed by atoms with Gasteiger partial charge in [0.15, 0.2) is 0 Å². The van der Waals surface area contributed by atoms with E-state index in [9.17, 15) is 18.0 Å². The van der Waals surface area contributed by atoms with E-state index in [-0.39, 0.29) is 24.0 Å². The van der Waals surface area contributed by atoms with E-state index in [0.29, 0.717) is 32.0 Å². The molecular weight excluding hydrogens is 369 g/mol. The van der Waals surface area contributed by atoms with Crippen molar-refractivity contribution in [3.05, 3.63) is 23.9 Å². The largest absolute Gasteiger partial charge is 0.417 e. The van der Waals surface area contributed by atoms with Crippen molar-refractivity contribution in [1.82, 2.24) is 14.8 Å². The molecule has 2 saturated heterocycles. The number of carbonyl (C=O) groups excluding carboxylic acids is 1. The molecule has 0 bridgehead atoms. The van der Waals surface area contributed by atoms with E-state index in [1.165, 1.54) is 12.5 Å². The maximum Gasteiger partial charge on any atom is 0.417 e. The molecule has 0 aliphatic carbocycles. The van der Waals surface area contributed by atoms with Crippen molar-refractivity contribution >= 4 is 11.7 Å². The molecule has 0 aromatic carbocycles. The molecule has 1 amide bonds. The summed E-state index contributed by atoms with van der Waals surface area (Å²) in [5, 5.41) is 0. The first-order valence-electron chi connectivity index (χ1n) is 10.0. The van der Waals surface area contributed by atoms with Crippen molar-refractivity contribution in [1.29, 1.82) is 0 Å². The van der Waals surface area contributed by atoms with Crippen LogP contribution in [0, 0.1) is 0 Å². The minimum absolute atomic E-state index is 0.181. The Morgan fingerprint density at radius 3 is 2.21 bits per heavy atom. The molecule has 0 spiro atoms. The number of halogens is 3. The van der Waals surface area contributed by atoms with Crippen LogP contribution in [0.4, 0.5) is 19.0 Å². The standard InChI is InChI=1S/C20H29F3N4O/c1-14-5-4-6-15(2)27(14)19(28)16(3)25-9-11-26(12-10-25)18-8-7-17(13-24-18)20(21,22)23/h7-8,13-16H,4-6,9-12H2,1-3H3/t14-,15+,16-/m1/s1. The van der Waals surface area contributed by atoms with E-state index >= 15 is 0 Å². The highest BCUT2D eigenvalue weighted by Gasteiger charge is 2.35. The van der Waals surface area contributed by atoms with Gasteiger partial charge in [-0.1, -0.05) is 0 Å². The van der Waals surface area contributed by atoms with Crippen LogP contribution in [0.5, 0.6) is 0 Å². The zero-order valence-corrected chi connectivity index (χ0v) is 16.7. The number of amides is 1. The first kappa shape index (κ1) is 20.9. The Morgan fingerprint density at radius 1 is 1.11 bits per heavy atom. The van der Waals surface area contributed by atoms with Crippen molar-refractivity contribution in [2.75, 3.05) is 31.1 Å². The fourth-order valence-electron chi connectivity index (χ4n) is 4.31. The lowest BCUT2D eigenvalue weighted by molar-refractivity contribution is -0.142. The van der Waals surface area contributed by atoms with Crippen LogP contribution in [0.2, 0.25) is 0 Å². The van der Waals surface area contributed by atoms with Gasteiger partial charge < -0.3 is 9.80 Å². The molecule has 0 unspecified atom stereocenters. The van der Waals surface area contributed by atoms with Crippen LogP contribution in [0.15, 0.2) is 18.3 Å². The van der Waals surface area contributed by atoms with Crippen molar-refractivity contribution in [3.8, 4) is 0 Å². The second-order valence-corrected chi connectivity index (χ2v) is 7.98. The highest BCUT2D eigenvalue weighted by molar-refractivity contribution is 5.82. The zero-order valence-electron chi connectivity index (χ0n) is 16.7. The lowest BCUT2D eigenvalue weighted by Crippen LogP contribution is -2.58. The molecule has 2 aliphatic rings. The number of alkyl halides is 3. The first-order valence-corrected chi connectivity index (χ1v) is 10.0. The van der Waals surface area contributed by atoms with E-state index < -0.39 is 11.7 Å². The molecular formula is C20H29F3N4O. The number of piperidine rings is 1.